The lowest BCUT2D eigenvalue weighted by Gasteiger charge is -2.25. The summed E-state index contributed by atoms with van der Waals surface area (Å²) in [5.74, 6) is 0.407. The molecule has 3 aromatic carbocycles. The van der Waals surface area contributed by atoms with Crippen molar-refractivity contribution < 1.29 is 14.6 Å². The zero-order valence-electron chi connectivity index (χ0n) is 15.6. The highest BCUT2D eigenvalue weighted by Gasteiger charge is 2.46. The van der Waals surface area contributed by atoms with E-state index >= 15 is 0 Å². The number of hydrogen-bond donors (Lipinski definition) is 1. The number of benzene rings is 3. The molecule has 1 amide bonds. The first-order chi connectivity index (χ1) is 13.6. The molecule has 0 fully saturated rings. The molecule has 1 aliphatic heterocycles. The van der Waals surface area contributed by atoms with Gasteiger partial charge in [-0.25, -0.2) is 0 Å². The average molecular weight is 371 g/mol. The Morgan fingerprint density at radius 1 is 0.893 bits per heavy atom. The van der Waals surface area contributed by atoms with Crippen molar-refractivity contribution in [3.8, 4) is 5.75 Å². The fraction of sp³-hybridized carbons (Fsp3) is 0.125. The van der Waals surface area contributed by atoms with Crippen LogP contribution in [0.4, 0.5) is 0 Å². The van der Waals surface area contributed by atoms with Crippen LogP contribution in [0.5, 0.6) is 5.75 Å². The first kappa shape index (κ1) is 18.0. The van der Waals surface area contributed by atoms with Crippen LogP contribution in [0.3, 0.4) is 0 Å². The number of aliphatic hydroxyl groups is 1. The Labute approximate surface area is 164 Å². The zero-order valence-corrected chi connectivity index (χ0v) is 15.6. The summed E-state index contributed by atoms with van der Waals surface area (Å²) in [6.45, 7) is 0.360. The van der Waals surface area contributed by atoms with E-state index in [1.807, 2.05) is 72.8 Å². The monoisotopic (exact) mass is 371 g/mol. The third kappa shape index (κ3) is 3.19. The lowest BCUT2D eigenvalue weighted by atomic mass is 9.94. The molecule has 4 rings (SSSR count). The Morgan fingerprint density at radius 3 is 2.11 bits per heavy atom. The van der Waals surface area contributed by atoms with Crippen molar-refractivity contribution in [3.05, 3.63) is 108 Å². The van der Waals surface area contributed by atoms with Gasteiger partial charge in [-0.05, 0) is 34.9 Å². The van der Waals surface area contributed by atoms with Crippen molar-refractivity contribution in [2.24, 2.45) is 0 Å². The van der Waals surface area contributed by atoms with Crippen molar-refractivity contribution in [2.45, 2.75) is 12.1 Å². The maximum atomic E-state index is 13.3. The van der Waals surface area contributed by atoms with Gasteiger partial charge in [-0.1, -0.05) is 72.8 Å². The number of nitrogens with zero attached hydrogens (tertiary/aromatic N) is 1. The molecule has 1 N–H and O–H groups in total. The highest BCUT2D eigenvalue weighted by atomic mass is 16.5. The number of rotatable bonds is 5. The van der Waals surface area contributed by atoms with E-state index in [2.05, 4.69) is 0 Å². The summed E-state index contributed by atoms with van der Waals surface area (Å²) in [4.78, 5) is 15.0. The molecule has 0 saturated carbocycles. The van der Waals surface area contributed by atoms with Crippen LogP contribution < -0.4 is 4.74 Å². The molecule has 4 nitrogen and oxygen atoms in total. The molecule has 0 aliphatic carbocycles. The maximum absolute atomic E-state index is 13.3. The molecule has 3 aromatic rings. The van der Waals surface area contributed by atoms with Gasteiger partial charge in [-0.2, -0.15) is 0 Å². The minimum absolute atomic E-state index is 0.353. The number of carbonyl (C=O) groups is 1. The molecule has 0 saturated heterocycles. The lowest BCUT2D eigenvalue weighted by molar-refractivity contribution is -0.142. The molecule has 140 valence electrons. The molecule has 1 aliphatic rings. The molecule has 4 heteroatoms. The fourth-order valence-corrected chi connectivity index (χ4v) is 3.47. The highest BCUT2D eigenvalue weighted by Crippen LogP contribution is 2.39. The zero-order chi connectivity index (χ0) is 19.6. The minimum atomic E-state index is -1.68. The number of methoxy groups -OCH3 is 1. The Bertz CT molecular complexity index is 997. The van der Waals surface area contributed by atoms with Crippen LogP contribution in [-0.2, 0) is 16.9 Å². The summed E-state index contributed by atoms with van der Waals surface area (Å²) < 4.78 is 5.21. The number of carbonyl (C=O) groups excluding carboxylic acids is 1. The van der Waals surface area contributed by atoms with Crippen molar-refractivity contribution in [2.75, 3.05) is 7.11 Å². The van der Waals surface area contributed by atoms with E-state index in [9.17, 15) is 9.90 Å². The third-order valence-corrected chi connectivity index (χ3v) is 4.99. The first-order valence-corrected chi connectivity index (χ1v) is 9.13. The smallest absolute Gasteiger partial charge is 0.268 e. The van der Waals surface area contributed by atoms with E-state index in [-0.39, 0.29) is 5.91 Å². The van der Waals surface area contributed by atoms with Gasteiger partial charge in [-0.15, -0.1) is 0 Å². The summed E-state index contributed by atoms with van der Waals surface area (Å²) in [5.41, 5.74) is 1.42. The quantitative estimate of drug-likeness (QED) is 0.738. The van der Waals surface area contributed by atoms with Gasteiger partial charge in [0.25, 0.3) is 5.91 Å². The van der Waals surface area contributed by atoms with Crippen molar-refractivity contribution >= 4 is 11.6 Å². The van der Waals surface area contributed by atoms with Gasteiger partial charge in [0, 0.05) is 0 Å². The van der Waals surface area contributed by atoms with Crippen molar-refractivity contribution in [1.29, 1.82) is 0 Å². The van der Waals surface area contributed by atoms with E-state index in [4.69, 9.17) is 4.74 Å². The van der Waals surface area contributed by atoms with Gasteiger partial charge in [-0.3, -0.25) is 4.79 Å². The Hall–Kier alpha value is -3.37. The van der Waals surface area contributed by atoms with E-state index < -0.39 is 5.60 Å². The van der Waals surface area contributed by atoms with Crippen LogP contribution in [0.25, 0.3) is 5.70 Å². The Morgan fingerprint density at radius 2 is 1.50 bits per heavy atom. The SMILES string of the molecule is COc1ccc(CN2C(=O)[C@@](O)(c3ccccc3)C=C2c2ccccc2)cc1. The van der Waals surface area contributed by atoms with Crippen LogP contribution in [0.15, 0.2) is 91.0 Å². The van der Waals surface area contributed by atoms with Gasteiger partial charge in [0.1, 0.15) is 5.75 Å². The average Bonchev–Trinajstić information content (AvgIpc) is 3.02. The van der Waals surface area contributed by atoms with Crippen molar-refractivity contribution in [1.82, 2.24) is 4.90 Å². The largest absolute Gasteiger partial charge is 0.497 e. The summed E-state index contributed by atoms with van der Waals surface area (Å²) in [6.07, 6.45) is 1.66. The van der Waals surface area contributed by atoms with Gasteiger partial charge in [0.05, 0.1) is 19.4 Å². The Balaban J connectivity index is 1.75. The summed E-state index contributed by atoms with van der Waals surface area (Å²) in [7, 11) is 1.62. The predicted octanol–water partition coefficient (Wildman–Crippen LogP) is 3.97. The van der Waals surface area contributed by atoms with Crippen LogP contribution >= 0.6 is 0 Å². The third-order valence-electron chi connectivity index (χ3n) is 4.99. The van der Waals surface area contributed by atoms with Crippen LogP contribution in [0.1, 0.15) is 16.7 Å². The van der Waals surface area contributed by atoms with E-state index in [1.54, 1.807) is 30.2 Å². The topological polar surface area (TPSA) is 49.8 Å². The maximum Gasteiger partial charge on any atom is 0.268 e. The molecule has 0 spiro atoms. The Kier molecular flexibility index (Phi) is 4.72. The second-order valence-electron chi connectivity index (χ2n) is 6.77. The van der Waals surface area contributed by atoms with E-state index in [1.165, 1.54) is 0 Å². The molecule has 0 aromatic heterocycles. The molecule has 1 atom stereocenters. The van der Waals surface area contributed by atoms with Gasteiger partial charge in [0.2, 0.25) is 0 Å². The summed E-state index contributed by atoms with van der Waals surface area (Å²) in [5, 5.41) is 11.3. The van der Waals surface area contributed by atoms with Gasteiger partial charge >= 0.3 is 0 Å². The molecular formula is C24H21NO3. The molecule has 1 heterocycles. The normalized spacial score (nSPS) is 18.9. The highest BCUT2D eigenvalue weighted by molar-refractivity contribution is 6.01. The minimum Gasteiger partial charge on any atom is -0.497 e. The fourth-order valence-electron chi connectivity index (χ4n) is 3.47. The van der Waals surface area contributed by atoms with E-state index in [0.29, 0.717) is 17.8 Å². The van der Waals surface area contributed by atoms with Gasteiger partial charge < -0.3 is 14.7 Å². The van der Waals surface area contributed by atoms with E-state index in [0.717, 1.165) is 16.9 Å². The predicted molar refractivity (Wildman–Crippen MR) is 108 cm³/mol. The number of amides is 1. The standard InChI is InChI=1S/C24H21NO3/c1-28-21-14-12-18(13-15-21)17-25-22(19-8-4-2-5-9-19)16-24(27,23(25)26)20-10-6-3-7-11-20/h2-16,27H,17H2,1H3/t24-/m0/s1. The van der Waals surface area contributed by atoms with Crippen LogP contribution in [0, 0.1) is 0 Å². The van der Waals surface area contributed by atoms with Gasteiger partial charge in [0.15, 0.2) is 5.60 Å². The second-order valence-corrected chi connectivity index (χ2v) is 6.77. The second kappa shape index (κ2) is 7.33. The number of hydrogen-bond acceptors (Lipinski definition) is 3. The summed E-state index contributed by atoms with van der Waals surface area (Å²) >= 11 is 0. The van der Waals surface area contributed by atoms with Crippen LogP contribution in [-0.4, -0.2) is 23.0 Å². The molecule has 28 heavy (non-hydrogen) atoms. The van der Waals surface area contributed by atoms with Crippen molar-refractivity contribution in [3.63, 3.8) is 0 Å². The molecule has 0 unspecified atom stereocenters. The number of ether oxygens (including phenoxy) is 1. The van der Waals surface area contributed by atoms with Crippen LogP contribution in [0.2, 0.25) is 0 Å². The summed E-state index contributed by atoms with van der Waals surface area (Å²) in [6, 6.07) is 26.3. The molecule has 0 radical (unpaired) electrons. The molecule has 0 bridgehead atoms. The molecular weight excluding hydrogens is 350 g/mol. The lowest BCUT2D eigenvalue weighted by Crippen LogP contribution is -2.38. The first-order valence-electron chi connectivity index (χ1n) is 9.13.